The number of nitrogens with one attached hydrogen (secondary N) is 1. The molecule has 3 heteroatoms. The fourth-order valence-corrected chi connectivity index (χ4v) is 2.09. The van der Waals surface area contributed by atoms with Crippen molar-refractivity contribution in [1.82, 2.24) is 10.2 Å². The number of nitrogens with zero attached hydrogens (tertiary/aromatic N) is 1. The summed E-state index contributed by atoms with van der Waals surface area (Å²) in [7, 11) is 3.89. The lowest BCUT2D eigenvalue weighted by Gasteiger charge is -2.15. The van der Waals surface area contributed by atoms with Crippen molar-refractivity contribution >= 4 is 0 Å². The molecule has 20 heavy (non-hydrogen) atoms. The van der Waals surface area contributed by atoms with Gasteiger partial charge in [0.25, 0.3) is 0 Å². The second-order valence-corrected chi connectivity index (χ2v) is 5.72. The number of ether oxygens (including phenoxy) is 1. The van der Waals surface area contributed by atoms with E-state index in [1.807, 2.05) is 0 Å². The molecule has 1 aromatic rings. The molecule has 0 fully saturated rings. The number of hydrogen-bond donors (Lipinski definition) is 1. The van der Waals surface area contributed by atoms with Crippen molar-refractivity contribution in [3.05, 3.63) is 35.4 Å². The van der Waals surface area contributed by atoms with Crippen LogP contribution in [0.15, 0.2) is 24.3 Å². The number of rotatable bonds is 10. The Labute approximate surface area is 124 Å². The van der Waals surface area contributed by atoms with E-state index in [1.54, 1.807) is 7.11 Å². The van der Waals surface area contributed by atoms with Crippen molar-refractivity contribution < 1.29 is 4.74 Å². The van der Waals surface area contributed by atoms with Gasteiger partial charge in [-0.2, -0.15) is 0 Å². The second-order valence-electron chi connectivity index (χ2n) is 5.72. The predicted octanol–water partition coefficient (Wildman–Crippen LogP) is 2.87. The first-order chi connectivity index (χ1) is 9.63. The number of likely N-dealkylation sites (N-methyl/N-ethyl adjacent to an activating group) is 1. The lowest BCUT2D eigenvalue weighted by Crippen LogP contribution is -2.26. The van der Waals surface area contributed by atoms with Crippen LogP contribution >= 0.6 is 0 Å². The minimum absolute atomic E-state index is 0.611. The first-order valence-corrected chi connectivity index (χ1v) is 7.60. The largest absolute Gasteiger partial charge is 0.383 e. The van der Waals surface area contributed by atoms with Gasteiger partial charge in [-0.1, -0.05) is 38.1 Å². The molecule has 1 N–H and O–H groups in total. The average Bonchev–Trinajstić information content (AvgIpc) is 2.45. The van der Waals surface area contributed by atoms with Gasteiger partial charge in [0, 0.05) is 20.2 Å². The summed E-state index contributed by atoms with van der Waals surface area (Å²) < 4.78 is 5.07. The van der Waals surface area contributed by atoms with E-state index < -0.39 is 0 Å². The van der Waals surface area contributed by atoms with Crippen molar-refractivity contribution in [2.24, 2.45) is 0 Å². The van der Waals surface area contributed by atoms with E-state index in [1.165, 1.54) is 17.5 Å². The zero-order valence-corrected chi connectivity index (χ0v) is 13.5. The highest BCUT2D eigenvalue weighted by molar-refractivity contribution is 5.24. The fraction of sp³-hybridized carbons (Fsp3) is 0.647. The van der Waals surface area contributed by atoms with Gasteiger partial charge < -0.3 is 15.0 Å². The van der Waals surface area contributed by atoms with Gasteiger partial charge in [0.05, 0.1) is 6.61 Å². The Kier molecular flexibility index (Phi) is 8.51. The van der Waals surface area contributed by atoms with E-state index in [0.29, 0.717) is 5.92 Å². The van der Waals surface area contributed by atoms with E-state index in [4.69, 9.17) is 4.74 Å². The Hall–Kier alpha value is -0.900. The summed E-state index contributed by atoms with van der Waals surface area (Å²) in [5, 5.41) is 3.50. The molecule has 0 atom stereocenters. The summed E-state index contributed by atoms with van der Waals surface area (Å²) in [6.45, 7) is 9.41. The Morgan fingerprint density at radius 3 is 2.45 bits per heavy atom. The zero-order chi connectivity index (χ0) is 14.8. The SMILES string of the molecule is COCCN(C)CCCNCc1ccc(C(C)C)cc1. The van der Waals surface area contributed by atoms with Crippen LogP contribution in [0.1, 0.15) is 37.3 Å². The van der Waals surface area contributed by atoms with Gasteiger partial charge in [0.1, 0.15) is 0 Å². The van der Waals surface area contributed by atoms with Crippen molar-refractivity contribution in [2.75, 3.05) is 40.4 Å². The van der Waals surface area contributed by atoms with Crippen LogP contribution < -0.4 is 5.32 Å². The molecular formula is C17H30N2O. The normalized spacial score (nSPS) is 11.5. The van der Waals surface area contributed by atoms with Gasteiger partial charge in [0.15, 0.2) is 0 Å². The molecule has 0 aromatic heterocycles. The van der Waals surface area contributed by atoms with Gasteiger partial charge in [-0.15, -0.1) is 0 Å². The molecule has 1 rings (SSSR count). The highest BCUT2D eigenvalue weighted by Crippen LogP contribution is 2.14. The molecule has 0 unspecified atom stereocenters. The van der Waals surface area contributed by atoms with Crippen LogP contribution in [0.4, 0.5) is 0 Å². The predicted molar refractivity (Wildman–Crippen MR) is 86.2 cm³/mol. The molecule has 3 nitrogen and oxygen atoms in total. The first-order valence-electron chi connectivity index (χ1n) is 7.60. The van der Waals surface area contributed by atoms with Crippen molar-refractivity contribution in [2.45, 2.75) is 32.7 Å². The molecule has 0 aliphatic heterocycles. The molecule has 0 heterocycles. The number of hydrogen-bond acceptors (Lipinski definition) is 3. The molecule has 0 saturated heterocycles. The maximum Gasteiger partial charge on any atom is 0.0589 e. The molecule has 0 amide bonds. The molecule has 0 radical (unpaired) electrons. The van der Waals surface area contributed by atoms with Gasteiger partial charge in [-0.05, 0) is 43.6 Å². The quantitative estimate of drug-likeness (QED) is 0.666. The monoisotopic (exact) mass is 278 g/mol. The lowest BCUT2D eigenvalue weighted by atomic mass is 10.0. The van der Waals surface area contributed by atoms with E-state index in [2.05, 4.69) is 55.4 Å². The van der Waals surface area contributed by atoms with Crippen LogP contribution in [0.2, 0.25) is 0 Å². The molecule has 0 aliphatic carbocycles. The summed E-state index contributed by atoms with van der Waals surface area (Å²) in [6, 6.07) is 8.93. The van der Waals surface area contributed by atoms with Crippen LogP contribution in [0.5, 0.6) is 0 Å². The second kappa shape index (κ2) is 9.92. The lowest BCUT2D eigenvalue weighted by molar-refractivity contribution is 0.160. The Morgan fingerprint density at radius 2 is 1.85 bits per heavy atom. The van der Waals surface area contributed by atoms with Gasteiger partial charge in [-0.3, -0.25) is 0 Å². The molecule has 1 aromatic carbocycles. The Bertz CT molecular complexity index is 349. The van der Waals surface area contributed by atoms with Gasteiger partial charge >= 0.3 is 0 Å². The summed E-state index contributed by atoms with van der Waals surface area (Å²) in [4.78, 5) is 2.31. The van der Waals surface area contributed by atoms with E-state index in [9.17, 15) is 0 Å². The third kappa shape index (κ3) is 7.04. The van der Waals surface area contributed by atoms with Gasteiger partial charge in [0.2, 0.25) is 0 Å². The van der Waals surface area contributed by atoms with Crippen LogP contribution in [0, 0.1) is 0 Å². The minimum atomic E-state index is 0.611. The molecule has 114 valence electrons. The maximum absolute atomic E-state index is 5.07. The summed E-state index contributed by atoms with van der Waals surface area (Å²) in [6.07, 6.45) is 1.17. The van der Waals surface area contributed by atoms with Crippen molar-refractivity contribution in [1.29, 1.82) is 0 Å². The molecule has 0 spiro atoms. The van der Waals surface area contributed by atoms with Gasteiger partial charge in [-0.25, -0.2) is 0 Å². The number of methoxy groups -OCH3 is 1. The summed E-state index contributed by atoms with van der Waals surface area (Å²) >= 11 is 0. The van der Waals surface area contributed by atoms with Crippen molar-refractivity contribution in [3.63, 3.8) is 0 Å². The van der Waals surface area contributed by atoms with Crippen molar-refractivity contribution in [3.8, 4) is 0 Å². The third-order valence-electron chi connectivity index (χ3n) is 3.55. The third-order valence-corrected chi connectivity index (χ3v) is 3.55. The molecular weight excluding hydrogens is 248 g/mol. The average molecular weight is 278 g/mol. The highest BCUT2D eigenvalue weighted by Gasteiger charge is 2.00. The maximum atomic E-state index is 5.07. The van der Waals surface area contributed by atoms with E-state index in [-0.39, 0.29) is 0 Å². The van der Waals surface area contributed by atoms with Crippen LogP contribution in [-0.4, -0.2) is 45.3 Å². The first kappa shape index (κ1) is 17.2. The van der Waals surface area contributed by atoms with E-state index >= 15 is 0 Å². The Balaban J connectivity index is 2.12. The summed E-state index contributed by atoms with van der Waals surface area (Å²) in [5.41, 5.74) is 2.77. The fourth-order valence-electron chi connectivity index (χ4n) is 2.09. The molecule has 0 saturated carbocycles. The van der Waals surface area contributed by atoms with Crippen LogP contribution in [0.3, 0.4) is 0 Å². The smallest absolute Gasteiger partial charge is 0.0589 e. The topological polar surface area (TPSA) is 24.5 Å². The van der Waals surface area contributed by atoms with Crippen LogP contribution in [0.25, 0.3) is 0 Å². The minimum Gasteiger partial charge on any atom is -0.383 e. The molecule has 0 bridgehead atoms. The van der Waals surface area contributed by atoms with E-state index in [0.717, 1.165) is 32.8 Å². The number of benzene rings is 1. The Morgan fingerprint density at radius 1 is 1.15 bits per heavy atom. The van der Waals surface area contributed by atoms with Crippen LogP contribution in [-0.2, 0) is 11.3 Å². The standard InChI is InChI=1S/C17H30N2O/c1-15(2)17-8-6-16(7-9-17)14-18-10-5-11-19(3)12-13-20-4/h6-9,15,18H,5,10-14H2,1-4H3. The summed E-state index contributed by atoms with van der Waals surface area (Å²) in [5.74, 6) is 0.611. The molecule has 0 aliphatic rings. The zero-order valence-electron chi connectivity index (χ0n) is 13.5. The highest BCUT2D eigenvalue weighted by atomic mass is 16.5.